The van der Waals surface area contributed by atoms with E-state index in [1.807, 2.05) is 6.92 Å². The van der Waals surface area contributed by atoms with Gasteiger partial charge in [0.1, 0.15) is 6.17 Å². The molecule has 0 aliphatic heterocycles. The van der Waals surface area contributed by atoms with E-state index < -0.39 is 0 Å². The van der Waals surface area contributed by atoms with Crippen molar-refractivity contribution < 1.29 is 9.59 Å². The van der Waals surface area contributed by atoms with Crippen LogP contribution in [0.4, 0.5) is 0 Å². The highest BCUT2D eigenvalue weighted by Crippen LogP contribution is 1.79. The molecular weight excluding hydrogens is 156 g/mol. The number of nitrogens with one attached hydrogen (secondary N) is 2. The van der Waals surface area contributed by atoms with Crippen LogP contribution in [0.2, 0.25) is 0 Å². The molecule has 0 unspecified atom stereocenters. The molecule has 0 saturated heterocycles. The Morgan fingerprint density at radius 1 is 1.30 bits per heavy atom. The highest BCUT2D eigenvalue weighted by atomic mass is 35.5. The first kappa shape index (κ1) is 12.0. The summed E-state index contributed by atoms with van der Waals surface area (Å²) >= 11 is 0. The maximum absolute atomic E-state index is 9.78. The van der Waals surface area contributed by atoms with Gasteiger partial charge in [0.15, 0.2) is 0 Å². The van der Waals surface area contributed by atoms with Gasteiger partial charge in [-0.05, 0) is 6.42 Å². The van der Waals surface area contributed by atoms with Crippen LogP contribution in [-0.4, -0.2) is 19.0 Å². The fraction of sp³-hybridized carbons (Fsp3) is 0.600. The molecule has 5 heteroatoms. The second-order valence-corrected chi connectivity index (χ2v) is 1.53. The van der Waals surface area contributed by atoms with E-state index in [4.69, 9.17) is 0 Å². The molecular formula is C5H11ClN2O2. The standard InChI is InChI=1S/C5H10N2O2.ClH/c1-2-5(6-3-8)7-4-9;/h3-5H,2H2,1H3,(H,6,8)(H,7,9);1H. The molecule has 0 aromatic carbocycles. The lowest BCUT2D eigenvalue weighted by molar-refractivity contribution is -0.112. The first-order valence-corrected chi connectivity index (χ1v) is 2.74. The van der Waals surface area contributed by atoms with Crippen LogP contribution < -0.4 is 10.6 Å². The van der Waals surface area contributed by atoms with Crippen LogP contribution in [0.25, 0.3) is 0 Å². The molecule has 60 valence electrons. The Bertz CT molecular complexity index is 89.6. The van der Waals surface area contributed by atoms with Gasteiger partial charge in [-0.1, -0.05) is 6.92 Å². The number of hydrogen-bond acceptors (Lipinski definition) is 2. The van der Waals surface area contributed by atoms with Gasteiger partial charge in [0.2, 0.25) is 12.8 Å². The monoisotopic (exact) mass is 166 g/mol. The summed E-state index contributed by atoms with van der Waals surface area (Å²) in [6, 6.07) is 0. The zero-order valence-electron chi connectivity index (χ0n) is 5.66. The van der Waals surface area contributed by atoms with Crippen molar-refractivity contribution in [3.05, 3.63) is 0 Å². The van der Waals surface area contributed by atoms with E-state index in [1.165, 1.54) is 0 Å². The van der Waals surface area contributed by atoms with Gasteiger partial charge in [0, 0.05) is 0 Å². The highest BCUT2D eigenvalue weighted by molar-refractivity contribution is 5.85. The van der Waals surface area contributed by atoms with Gasteiger partial charge in [-0.15, -0.1) is 12.4 Å². The Hall–Kier alpha value is -0.770. The topological polar surface area (TPSA) is 58.2 Å². The highest BCUT2D eigenvalue weighted by Gasteiger charge is 1.98. The number of rotatable bonds is 5. The quantitative estimate of drug-likeness (QED) is 0.433. The summed E-state index contributed by atoms with van der Waals surface area (Å²) in [6.45, 7) is 1.86. The second-order valence-electron chi connectivity index (χ2n) is 1.53. The van der Waals surface area contributed by atoms with Crippen molar-refractivity contribution >= 4 is 25.2 Å². The summed E-state index contributed by atoms with van der Waals surface area (Å²) in [5.41, 5.74) is 0. The maximum atomic E-state index is 9.78. The molecule has 0 rings (SSSR count). The summed E-state index contributed by atoms with van der Waals surface area (Å²) in [4.78, 5) is 19.6. The molecule has 0 heterocycles. The molecule has 0 radical (unpaired) electrons. The third kappa shape index (κ3) is 5.37. The molecule has 0 aromatic heterocycles. The third-order valence-corrected chi connectivity index (χ3v) is 0.947. The smallest absolute Gasteiger partial charge is 0.208 e. The number of carbonyl (C=O) groups excluding carboxylic acids is 2. The van der Waals surface area contributed by atoms with Crippen LogP contribution in [0.1, 0.15) is 13.3 Å². The van der Waals surface area contributed by atoms with E-state index in [1.54, 1.807) is 0 Å². The minimum Gasteiger partial charge on any atom is -0.339 e. The van der Waals surface area contributed by atoms with Crippen molar-refractivity contribution in [2.75, 3.05) is 0 Å². The van der Waals surface area contributed by atoms with Gasteiger partial charge in [0.05, 0.1) is 0 Å². The van der Waals surface area contributed by atoms with Crippen molar-refractivity contribution in [1.29, 1.82) is 0 Å². The lowest BCUT2D eigenvalue weighted by atomic mass is 10.4. The Morgan fingerprint density at radius 2 is 1.70 bits per heavy atom. The predicted octanol–water partition coefficient (Wildman–Crippen LogP) is -0.364. The molecule has 0 spiro atoms. The van der Waals surface area contributed by atoms with E-state index in [9.17, 15) is 9.59 Å². The van der Waals surface area contributed by atoms with E-state index in [0.29, 0.717) is 19.2 Å². The minimum absolute atomic E-state index is 0. The Morgan fingerprint density at radius 3 is 1.90 bits per heavy atom. The van der Waals surface area contributed by atoms with Crippen LogP contribution in [-0.2, 0) is 9.59 Å². The number of hydrogen-bond donors (Lipinski definition) is 2. The van der Waals surface area contributed by atoms with Crippen LogP contribution in [0.3, 0.4) is 0 Å². The Kier molecular flexibility index (Phi) is 9.84. The van der Waals surface area contributed by atoms with Crippen LogP contribution >= 0.6 is 12.4 Å². The largest absolute Gasteiger partial charge is 0.339 e. The molecule has 2 amide bonds. The van der Waals surface area contributed by atoms with Crippen molar-refractivity contribution in [3.8, 4) is 0 Å². The molecule has 0 fully saturated rings. The fourth-order valence-electron chi connectivity index (χ4n) is 0.448. The molecule has 2 N–H and O–H groups in total. The summed E-state index contributed by atoms with van der Waals surface area (Å²) < 4.78 is 0. The Labute approximate surface area is 65.8 Å². The van der Waals surface area contributed by atoms with E-state index >= 15 is 0 Å². The molecule has 0 saturated carbocycles. The summed E-state index contributed by atoms with van der Waals surface area (Å²) in [5, 5.41) is 4.82. The zero-order chi connectivity index (χ0) is 7.11. The van der Waals surface area contributed by atoms with Crippen LogP contribution in [0.5, 0.6) is 0 Å². The van der Waals surface area contributed by atoms with Crippen molar-refractivity contribution in [3.63, 3.8) is 0 Å². The molecule has 0 aromatic rings. The van der Waals surface area contributed by atoms with Gasteiger partial charge in [-0.2, -0.15) is 0 Å². The fourth-order valence-corrected chi connectivity index (χ4v) is 0.448. The van der Waals surface area contributed by atoms with Gasteiger partial charge < -0.3 is 10.6 Å². The van der Waals surface area contributed by atoms with Gasteiger partial charge in [0.25, 0.3) is 0 Å². The molecule has 0 aliphatic carbocycles. The Balaban J connectivity index is 0. The lowest BCUT2D eigenvalue weighted by Gasteiger charge is -2.10. The zero-order valence-corrected chi connectivity index (χ0v) is 6.48. The van der Waals surface area contributed by atoms with E-state index in [2.05, 4.69) is 10.6 Å². The molecule has 0 aliphatic rings. The molecule has 0 atom stereocenters. The van der Waals surface area contributed by atoms with Crippen molar-refractivity contribution in [2.24, 2.45) is 0 Å². The molecule has 0 bridgehead atoms. The first-order chi connectivity index (χ1) is 4.35. The first-order valence-electron chi connectivity index (χ1n) is 2.74. The van der Waals surface area contributed by atoms with Crippen molar-refractivity contribution in [2.45, 2.75) is 19.5 Å². The summed E-state index contributed by atoms with van der Waals surface area (Å²) in [7, 11) is 0. The predicted molar refractivity (Wildman–Crippen MR) is 39.7 cm³/mol. The number of amides is 2. The minimum atomic E-state index is -0.222. The average Bonchev–Trinajstić information content (AvgIpc) is 1.88. The third-order valence-electron chi connectivity index (χ3n) is 0.947. The SMILES string of the molecule is CCC(NC=O)NC=O.Cl. The second kappa shape index (κ2) is 8.23. The number of halogens is 1. The van der Waals surface area contributed by atoms with Crippen molar-refractivity contribution in [1.82, 2.24) is 10.6 Å². The van der Waals surface area contributed by atoms with Gasteiger partial charge >= 0.3 is 0 Å². The van der Waals surface area contributed by atoms with Crippen LogP contribution in [0, 0.1) is 0 Å². The van der Waals surface area contributed by atoms with E-state index in [-0.39, 0.29) is 18.6 Å². The maximum Gasteiger partial charge on any atom is 0.208 e. The normalized spacial score (nSPS) is 7.80. The number of carbonyl (C=O) groups is 2. The summed E-state index contributed by atoms with van der Waals surface area (Å²) in [5.74, 6) is 0. The van der Waals surface area contributed by atoms with E-state index in [0.717, 1.165) is 0 Å². The van der Waals surface area contributed by atoms with Crippen LogP contribution in [0.15, 0.2) is 0 Å². The lowest BCUT2D eigenvalue weighted by Crippen LogP contribution is -2.40. The average molecular weight is 167 g/mol. The molecule has 4 nitrogen and oxygen atoms in total. The molecule has 10 heavy (non-hydrogen) atoms. The summed E-state index contributed by atoms with van der Waals surface area (Å²) in [6.07, 6.45) is 1.59. The van der Waals surface area contributed by atoms with Gasteiger partial charge in [-0.25, -0.2) is 0 Å². The van der Waals surface area contributed by atoms with Gasteiger partial charge in [-0.3, -0.25) is 9.59 Å².